The molecule has 0 aliphatic heterocycles. The van der Waals surface area contributed by atoms with Crippen LogP contribution in [-0.2, 0) is 4.74 Å². The van der Waals surface area contributed by atoms with Gasteiger partial charge in [-0.1, -0.05) is 13.8 Å². The SMILES string of the molecule is BNC(C)(C)C(C)(C)OCCC(C)C. The number of rotatable bonds is 6. The quantitative estimate of drug-likeness (QED) is 0.658. The second-order valence-electron chi connectivity index (χ2n) is 5.42. The summed E-state index contributed by atoms with van der Waals surface area (Å²) in [5, 5.41) is 3.29. The molecule has 0 aliphatic rings. The summed E-state index contributed by atoms with van der Waals surface area (Å²) in [7, 11) is 1.98. The fourth-order valence-corrected chi connectivity index (χ4v) is 1.03. The van der Waals surface area contributed by atoms with E-state index >= 15 is 0 Å². The zero-order valence-corrected chi connectivity index (χ0v) is 10.9. The highest BCUT2D eigenvalue weighted by atomic mass is 16.5. The molecule has 0 aromatic rings. The largest absolute Gasteiger partial charge is 0.374 e. The molecule has 0 atom stereocenters. The van der Waals surface area contributed by atoms with Crippen LogP contribution >= 0.6 is 0 Å². The summed E-state index contributed by atoms with van der Waals surface area (Å²) in [5.41, 5.74) is -0.124. The van der Waals surface area contributed by atoms with Crippen molar-refractivity contribution in [1.82, 2.24) is 5.23 Å². The van der Waals surface area contributed by atoms with Gasteiger partial charge in [0.2, 0.25) is 0 Å². The van der Waals surface area contributed by atoms with Gasteiger partial charge in [0.15, 0.2) is 7.98 Å². The summed E-state index contributed by atoms with van der Waals surface area (Å²) in [5.74, 6) is 0.712. The third-order valence-electron chi connectivity index (χ3n) is 3.29. The maximum atomic E-state index is 5.93. The molecule has 0 bridgehead atoms. The molecule has 0 aliphatic carbocycles. The summed E-state index contributed by atoms with van der Waals surface area (Å²) < 4.78 is 5.93. The molecule has 0 aromatic heterocycles. The predicted molar refractivity (Wildman–Crippen MR) is 65.2 cm³/mol. The monoisotopic (exact) mass is 199 g/mol. The molecular formula is C11H26BNO. The first-order valence-electron chi connectivity index (χ1n) is 5.56. The van der Waals surface area contributed by atoms with Gasteiger partial charge in [0.25, 0.3) is 0 Å². The highest BCUT2D eigenvalue weighted by Crippen LogP contribution is 2.25. The first kappa shape index (κ1) is 14.0. The molecule has 3 heteroatoms. The molecule has 14 heavy (non-hydrogen) atoms. The van der Waals surface area contributed by atoms with Crippen molar-refractivity contribution in [2.24, 2.45) is 5.92 Å². The Balaban J connectivity index is 4.07. The van der Waals surface area contributed by atoms with E-state index in [0.717, 1.165) is 13.0 Å². The van der Waals surface area contributed by atoms with E-state index in [1.165, 1.54) is 0 Å². The fraction of sp³-hybridized carbons (Fsp3) is 1.00. The third kappa shape index (κ3) is 4.01. The van der Waals surface area contributed by atoms with Gasteiger partial charge in [-0.2, -0.15) is 0 Å². The maximum Gasteiger partial charge on any atom is 0.182 e. The Labute approximate surface area is 90.2 Å². The molecule has 0 unspecified atom stereocenters. The van der Waals surface area contributed by atoms with Gasteiger partial charge in [0.05, 0.1) is 5.60 Å². The van der Waals surface area contributed by atoms with Crippen LogP contribution < -0.4 is 5.23 Å². The Hall–Kier alpha value is -0.0151. The van der Waals surface area contributed by atoms with E-state index in [1.807, 2.05) is 7.98 Å². The topological polar surface area (TPSA) is 21.3 Å². The van der Waals surface area contributed by atoms with Crippen LogP contribution in [0.15, 0.2) is 0 Å². The minimum Gasteiger partial charge on any atom is -0.374 e. The average Bonchev–Trinajstić information content (AvgIpc) is 2.03. The third-order valence-corrected chi connectivity index (χ3v) is 3.29. The lowest BCUT2D eigenvalue weighted by molar-refractivity contribution is -0.0702. The summed E-state index contributed by atoms with van der Waals surface area (Å²) in [4.78, 5) is 0. The van der Waals surface area contributed by atoms with Crippen LogP contribution in [0.5, 0.6) is 0 Å². The zero-order valence-electron chi connectivity index (χ0n) is 10.9. The molecule has 84 valence electrons. The second kappa shape index (κ2) is 5.17. The van der Waals surface area contributed by atoms with Gasteiger partial charge in [-0.3, -0.25) is 0 Å². The molecule has 0 saturated heterocycles. The highest BCUT2D eigenvalue weighted by Gasteiger charge is 2.35. The zero-order chi connectivity index (χ0) is 11.4. The van der Waals surface area contributed by atoms with Gasteiger partial charge in [-0.15, -0.1) is 0 Å². The Morgan fingerprint density at radius 1 is 1.21 bits per heavy atom. The molecule has 0 fully saturated rings. The van der Waals surface area contributed by atoms with E-state index in [0.29, 0.717) is 5.92 Å². The first-order valence-corrected chi connectivity index (χ1v) is 5.56. The van der Waals surface area contributed by atoms with E-state index in [-0.39, 0.29) is 11.1 Å². The molecule has 0 rings (SSSR count). The van der Waals surface area contributed by atoms with E-state index in [4.69, 9.17) is 4.74 Å². The van der Waals surface area contributed by atoms with E-state index in [9.17, 15) is 0 Å². The van der Waals surface area contributed by atoms with E-state index in [2.05, 4.69) is 46.8 Å². The molecule has 0 spiro atoms. The van der Waals surface area contributed by atoms with Crippen LogP contribution in [0.4, 0.5) is 0 Å². The molecular weight excluding hydrogens is 173 g/mol. The Morgan fingerprint density at radius 2 is 1.71 bits per heavy atom. The van der Waals surface area contributed by atoms with Crippen molar-refractivity contribution >= 4 is 7.98 Å². The average molecular weight is 199 g/mol. The van der Waals surface area contributed by atoms with E-state index in [1.54, 1.807) is 0 Å². The van der Waals surface area contributed by atoms with Gasteiger partial charge >= 0.3 is 0 Å². The van der Waals surface area contributed by atoms with Crippen molar-refractivity contribution in [3.8, 4) is 0 Å². The van der Waals surface area contributed by atoms with Gasteiger partial charge < -0.3 is 9.96 Å². The van der Waals surface area contributed by atoms with Crippen molar-refractivity contribution in [2.75, 3.05) is 6.61 Å². The Morgan fingerprint density at radius 3 is 2.07 bits per heavy atom. The van der Waals surface area contributed by atoms with Crippen LogP contribution in [0.25, 0.3) is 0 Å². The van der Waals surface area contributed by atoms with Gasteiger partial charge in [0.1, 0.15) is 0 Å². The van der Waals surface area contributed by atoms with Crippen LogP contribution in [0.1, 0.15) is 48.0 Å². The Kier molecular flexibility index (Phi) is 5.17. The lowest BCUT2D eigenvalue weighted by Crippen LogP contribution is -2.56. The first-order chi connectivity index (χ1) is 6.23. The van der Waals surface area contributed by atoms with Crippen LogP contribution in [0, 0.1) is 5.92 Å². The lowest BCUT2D eigenvalue weighted by atomic mass is 9.84. The fourth-order valence-electron chi connectivity index (χ4n) is 1.03. The maximum absolute atomic E-state index is 5.93. The summed E-state index contributed by atoms with van der Waals surface area (Å²) >= 11 is 0. The summed E-state index contributed by atoms with van der Waals surface area (Å²) in [6.07, 6.45) is 1.13. The van der Waals surface area contributed by atoms with Crippen LogP contribution in [-0.4, -0.2) is 25.7 Å². The minimum atomic E-state index is -0.128. The molecule has 0 heterocycles. The number of hydrogen-bond acceptors (Lipinski definition) is 2. The normalized spacial score (nSPS) is 13.6. The number of hydrogen-bond donors (Lipinski definition) is 1. The highest BCUT2D eigenvalue weighted by molar-refractivity contribution is 6.04. The van der Waals surface area contributed by atoms with E-state index < -0.39 is 0 Å². The predicted octanol–water partition coefficient (Wildman–Crippen LogP) is 1.74. The second-order valence-corrected chi connectivity index (χ2v) is 5.42. The molecule has 0 saturated carbocycles. The van der Waals surface area contributed by atoms with Crippen molar-refractivity contribution < 1.29 is 4.74 Å². The standard InChI is InChI=1S/C11H26BNO/c1-9(2)7-8-14-11(5,6)10(3,4)13-12/h9,13H,7-8,12H2,1-6H3. The van der Waals surface area contributed by atoms with Gasteiger partial charge in [-0.25, -0.2) is 0 Å². The molecule has 2 nitrogen and oxygen atoms in total. The van der Waals surface area contributed by atoms with Crippen LogP contribution in [0.2, 0.25) is 0 Å². The van der Waals surface area contributed by atoms with Crippen LogP contribution in [0.3, 0.4) is 0 Å². The Bertz CT molecular complexity index is 167. The number of ether oxygens (including phenoxy) is 1. The molecule has 1 N–H and O–H groups in total. The van der Waals surface area contributed by atoms with Gasteiger partial charge in [0, 0.05) is 12.1 Å². The molecule has 0 aromatic carbocycles. The van der Waals surface area contributed by atoms with Crippen molar-refractivity contribution in [2.45, 2.75) is 59.1 Å². The van der Waals surface area contributed by atoms with Crippen molar-refractivity contribution in [3.63, 3.8) is 0 Å². The lowest BCUT2D eigenvalue weighted by Gasteiger charge is -2.41. The molecule has 0 radical (unpaired) electrons. The van der Waals surface area contributed by atoms with Gasteiger partial charge in [-0.05, 0) is 40.0 Å². The minimum absolute atomic E-state index is 0.00395. The summed E-state index contributed by atoms with van der Waals surface area (Å²) in [6.45, 7) is 13.9. The van der Waals surface area contributed by atoms with Crippen molar-refractivity contribution in [3.05, 3.63) is 0 Å². The smallest absolute Gasteiger partial charge is 0.182 e. The van der Waals surface area contributed by atoms with Crippen molar-refractivity contribution in [1.29, 1.82) is 0 Å². The number of nitrogens with one attached hydrogen (secondary N) is 1. The summed E-state index contributed by atoms with van der Waals surface area (Å²) in [6, 6.07) is 0. The molecule has 0 amide bonds.